The van der Waals surface area contributed by atoms with Gasteiger partial charge in [0.2, 0.25) is 5.75 Å². The van der Waals surface area contributed by atoms with E-state index in [4.69, 9.17) is 14.2 Å². The van der Waals surface area contributed by atoms with Crippen molar-refractivity contribution in [3.63, 3.8) is 0 Å². The second-order valence-corrected chi connectivity index (χ2v) is 4.27. The summed E-state index contributed by atoms with van der Waals surface area (Å²) in [6, 6.07) is 2.48. The van der Waals surface area contributed by atoms with Gasteiger partial charge >= 0.3 is 0 Å². The molecule has 4 heteroatoms. The molecule has 0 saturated carbocycles. The lowest BCUT2D eigenvalue weighted by molar-refractivity contribution is 0.318. The molecule has 0 amide bonds. The molecule has 0 fully saturated rings. The van der Waals surface area contributed by atoms with E-state index in [1.807, 2.05) is 6.07 Å². The molecule has 1 aromatic carbocycles. The summed E-state index contributed by atoms with van der Waals surface area (Å²) in [5.41, 5.74) is 2.44. The first-order valence-electron chi connectivity index (χ1n) is 5.75. The Bertz CT molecular complexity index is 418. The predicted molar refractivity (Wildman–Crippen MR) is 66.1 cm³/mol. The Morgan fingerprint density at radius 2 is 1.82 bits per heavy atom. The number of ether oxygens (including phenoxy) is 3. The van der Waals surface area contributed by atoms with Crippen molar-refractivity contribution in [3.8, 4) is 17.2 Å². The number of nitrogens with one attached hydrogen (secondary N) is 1. The van der Waals surface area contributed by atoms with Crippen molar-refractivity contribution in [3.05, 3.63) is 17.2 Å². The van der Waals surface area contributed by atoms with Crippen LogP contribution in [0, 0.1) is 0 Å². The van der Waals surface area contributed by atoms with Crippen LogP contribution in [0.1, 0.15) is 18.1 Å². The molecule has 0 aliphatic carbocycles. The molecule has 4 nitrogen and oxygen atoms in total. The molecule has 1 unspecified atom stereocenters. The number of benzene rings is 1. The fraction of sp³-hybridized carbons (Fsp3) is 0.538. The van der Waals surface area contributed by atoms with Crippen molar-refractivity contribution in [2.45, 2.75) is 25.9 Å². The third kappa shape index (κ3) is 2.05. The van der Waals surface area contributed by atoms with Crippen LogP contribution in [0.3, 0.4) is 0 Å². The summed E-state index contributed by atoms with van der Waals surface area (Å²) >= 11 is 0. The molecular weight excluding hydrogens is 218 g/mol. The van der Waals surface area contributed by atoms with Gasteiger partial charge in [0.1, 0.15) is 0 Å². The van der Waals surface area contributed by atoms with Gasteiger partial charge in [-0.3, -0.25) is 0 Å². The van der Waals surface area contributed by atoms with Crippen LogP contribution in [-0.4, -0.2) is 27.4 Å². The van der Waals surface area contributed by atoms with Crippen molar-refractivity contribution in [2.24, 2.45) is 0 Å². The minimum atomic E-state index is 0.453. The van der Waals surface area contributed by atoms with Crippen LogP contribution >= 0.6 is 0 Å². The van der Waals surface area contributed by atoms with Gasteiger partial charge in [-0.05, 0) is 25.0 Å². The maximum absolute atomic E-state index is 5.49. The Labute approximate surface area is 102 Å². The number of hydrogen-bond acceptors (Lipinski definition) is 4. The summed E-state index contributed by atoms with van der Waals surface area (Å²) in [6.45, 7) is 3.01. The summed E-state index contributed by atoms with van der Waals surface area (Å²) in [5.74, 6) is 2.21. The molecule has 2 rings (SSSR count). The van der Waals surface area contributed by atoms with Crippen LogP contribution in [0.2, 0.25) is 0 Å². The smallest absolute Gasteiger partial charge is 0.203 e. The summed E-state index contributed by atoms with van der Waals surface area (Å²) in [6.07, 6.45) is 0.943. The van der Waals surface area contributed by atoms with E-state index in [0.29, 0.717) is 11.8 Å². The normalized spacial score (nSPS) is 18.5. The molecule has 1 aromatic rings. The molecule has 0 bridgehead atoms. The van der Waals surface area contributed by atoms with Gasteiger partial charge in [-0.15, -0.1) is 0 Å². The Kier molecular flexibility index (Phi) is 3.43. The Morgan fingerprint density at radius 1 is 1.12 bits per heavy atom. The highest BCUT2D eigenvalue weighted by molar-refractivity contribution is 5.59. The van der Waals surface area contributed by atoms with E-state index >= 15 is 0 Å². The molecule has 17 heavy (non-hydrogen) atoms. The molecular formula is C13H19NO3. The minimum Gasteiger partial charge on any atom is -0.493 e. The number of hydrogen-bond donors (Lipinski definition) is 1. The first-order valence-corrected chi connectivity index (χ1v) is 5.75. The van der Waals surface area contributed by atoms with Gasteiger partial charge in [0.25, 0.3) is 0 Å². The number of fused-ring (bicyclic) bond motifs is 1. The lowest BCUT2D eigenvalue weighted by Gasteiger charge is -2.27. The van der Waals surface area contributed by atoms with Crippen molar-refractivity contribution in [1.29, 1.82) is 0 Å². The van der Waals surface area contributed by atoms with Crippen LogP contribution in [0.25, 0.3) is 0 Å². The first-order chi connectivity index (χ1) is 8.21. The van der Waals surface area contributed by atoms with E-state index in [1.54, 1.807) is 21.3 Å². The minimum absolute atomic E-state index is 0.453. The standard InChI is InChI=1S/C13H19NO3/c1-8-5-10-9(7-14-8)6-11(15-2)13(17-4)12(10)16-3/h6,8,14H,5,7H2,1-4H3. The predicted octanol–water partition coefficient (Wildman–Crippen LogP) is 1.75. The monoisotopic (exact) mass is 237 g/mol. The third-order valence-electron chi connectivity index (χ3n) is 3.18. The van der Waals surface area contributed by atoms with E-state index in [9.17, 15) is 0 Å². The second kappa shape index (κ2) is 4.84. The van der Waals surface area contributed by atoms with Gasteiger partial charge in [-0.1, -0.05) is 0 Å². The molecule has 1 atom stereocenters. The maximum atomic E-state index is 5.49. The van der Waals surface area contributed by atoms with Crippen LogP contribution < -0.4 is 19.5 Å². The molecule has 0 spiro atoms. The summed E-state index contributed by atoms with van der Waals surface area (Å²) < 4.78 is 16.2. The zero-order valence-electron chi connectivity index (χ0n) is 10.8. The third-order valence-corrected chi connectivity index (χ3v) is 3.18. The highest BCUT2D eigenvalue weighted by Crippen LogP contribution is 2.43. The second-order valence-electron chi connectivity index (χ2n) is 4.27. The van der Waals surface area contributed by atoms with Gasteiger partial charge in [-0.2, -0.15) is 0 Å². The lowest BCUT2D eigenvalue weighted by atomic mass is 9.94. The van der Waals surface area contributed by atoms with E-state index < -0.39 is 0 Å². The summed E-state index contributed by atoms with van der Waals surface area (Å²) in [7, 11) is 4.95. The highest BCUT2D eigenvalue weighted by Gasteiger charge is 2.24. The Balaban J connectivity index is 2.58. The molecule has 1 aliphatic heterocycles. The van der Waals surface area contributed by atoms with Crippen molar-refractivity contribution >= 4 is 0 Å². The molecule has 0 radical (unpaired) electrons. The first kappa shape index (κ1) is 12.0. The van der Waals surface area contributed by atoms with Crippen LogP contribution in [0.4, 0.5) is 0 Å². The Hall–Kier alpha value is -1.42. The van der Waals surface area contributed by atoms with E-state index in [-0.39, 0.29) is 0 Å². The number of methoxy groups -OCH3 is 3. The average molecular weight is 237 g/mol. The fourth-order valence-electron chi connectivity index (χ4n) is 2.31. The lowest BCUT2D eigenvalue weighted by Crippen LogP contribution is -2.33. The molecule has 1 heterocycles. The molecule has 0 saturated heterocycles. The SMILES string of the molecule is COc1cc2c(c(OC)c1OC)CC(C)NC2. The van der Waals surface area contributed by atoms with Crippen LogP contribution in [-0.2, 0) is 13.0 Å². The zero-order valence-corrected chi connectivity index (χ0v) is 10.8. The van der Waals surface area contributed by atoms with Crippen LogP contribution in [0.5, 0.6) is 17.2 Å². The largest absolute Gasteiger partial charge is 0.493 e. The zero-order chi connectivity index (χ0) is 12.4. The average Bonchev–Trinajstić information content (AvgIpc) is 2.36. The van der Waals surface area contributed by atoms with Gasteiger partial charge in [0, 0.05) is 18.2 Å². The topological polar surface area (TPSA) is 39.7 Å². The van der Waals surface area contributed by atoms with Crippen molar-refractivity contribution in [1.82, 2.24) is 5.32 Å². The van der Waals surface area contributed by atoms with Gasteiger partial charge in [0.15, 0.2) is 11.5 Å². The van der Waals surface area contributed by atoms with E-state index in [0.717, 1.165) is 24.5 Å². The van der Waals surface area contributed by atoms with E-state index in [1.165, 1.54) is 11.1 Å². The van der Waals surface area contributed by atoms with Gasteiger partial charge < -0.3 is 19.5 Å². The number of rotatable bonds is 3. The van der Waals surface area contributed by atoms with Crippen LogP contribution in [0.15, 0.2) is 6.07 Å². The van der Waals surface area contributed by atoms with Gasteiger partial charge in [0.05, 0.1) is 21.3 Å². The molecule has 1 N–H and O–H groups in total. The quantitative estimate of drug-likeness (QED) is 0.869. The maximum Gasteiger partial charge on any atom is 0.203 e. The Morgan fingerprint density at radius 3 is 2.41 bits per heavy atom. The summed E-state index contributed by atoms with van der Waals surface area (Å²) in [4.78, 5) is 0. The highest BCUT2D eigenvalue weighted by atomic mass is 16.5. The molecule has 0 aromatic heterocycles. The van der Waals surface area contributed by atoms with Crippen molar-refractivity contribution < 1.29 is 14.2 Å². The molecule has 94 valence electrons. The van der Waals surface area contributed by atoms with E-state index in [2.05, 4.69) is 12.2 Å². The van der Waals surface area contributed by atoms with Crippen molar-refractivity contribution in [2.75, 3.05) is 21.3 Å². The molecule has 1 aliphatic rings. The summed E-state index contributed by atoms with van der Waals surface area (Å²) in [5, 5.41) is 3.43. The fourth-order valence-corrected chi connectivity index (χ4v) is 2.31. The van der Waals surface area contributed by atoms with Gasteiger partial charge in [-0.25, -0.2) is 0 Å².